The van der Waals surface area contributed by atoms with Crippen LogP contribution in [-0.4, -0.2) is 49.4 Å². The Morgan fingerprint density at radius 2 is 1.63 bits per heavy atom. The first-order valence-electron chi connectivity index (χ1n) is 11.1. The molecule has 158 valence electrons. The number of piperidine rings is 1. The Hall–Kier alpha value is -2.82. The quantitative estimate of drug-likeness (QED) is 0.804. The Kier molecular flexibility index (Phi) is 6.67. The summed E-state index contributed by atoms with van der Waals surface area (Å²) >= 11 is 0. The molecule has 30 heavy (non-hydrogen) atoms. The van der Waals surface area contributed by atoms with Gasteiger partial charge in [-0.15, -0.1) is 0 Å². The number of benzene rings is 2. The lowest BCUT2D eigenvalue weighted by atomic mass is 9.96. The van der Waals surface area contributed by atoms with Gasteiger partial charge in [-0.2, -0.15) is 0 Å². The first-order valence-corrected chi connectivity index (χ1v) is 11.1. The van der Waals surface area contributed by atoms with Gasteiger partial charge >= 0.3 is 0 Å². The highest BCUT2D eigenvalue weighted by atomic mass is 16.2. The van der Waals surface area contributed by atoms with E-state index in [1.807, 2.05) is 41.3 Å². The first-order chi connectivity index (χ1) is 14.7. The molecule has 2 aromatic carbocycles. The number of amides is 2. The van der Waals surface area contributed by atoms with E-state index in [2.05, 4.69) is 34.5 Å². The maximum Gasteiger partial charge on any atom is 0.227 e. The van der Waals surface area contributed by atoms with Gasteiger partial charge in [0.05, 0.1) is 12.3 Å². The molecule has 2 fully saturated rings. The average molecular weight is 406 g/mol. The van der Waals surface area contributed by atoms with Crippen LogP contribution >= 0.6 is 0 Å². The third-order valence-corrected chi connectivity index (χ3v) is 6.32. The van der Waals surface area contributed by atoms with Crippen LogP contribution in [0.1, 0.15) is 24.8 Å². The normalized spacial score (nSPS) is 21.5. The van der Waals surface area contributed by atoms with Gasteiger partial charge in [0.1, 0.15) is 0 Å². The lowest BCUT2D eigenvalue weighted by molar-refractivity contribution is -0.135. The molecule has 1 N–H and O–H groups in total. The number of carbonyl (C=O) groups is 2. The van der Waals surface area contributed by atoms with Crippen molar-refractivity contribution in [2.24, 2.45) is 11.8 Å². The molecule has 2 saturated heterocycles. The van der Waals surface area contributed by atoms with Crippen LogP contribution in [0.2, 0.25) is 0 Å². The van der Waals surface area contributed by atoms with Gasteiger partial charge in [0.15, 0.2) is 0 Å². The summed E-state index contributed by atoms with van der Waals surface area (Å²) in [6.45, 7) is 4.03. The molecular weight excluding hydrogens is 374 g/mol. The lowest BCUT2D eigenvalue weighted by Crippen LogP contribution is -2.46. The highest BCUT2D eigenvalue weighted by molar-refractivity contribution is 5.82. The number of rotatable bonds is 6. The fourth-order valence-electron chi connectivity index (χ4n) is 4.56. The van der Waals surface area contributed by atoms with E-state index in [1.165, 1.54) is 5.69 Å². The number of likely N-dealkylation sites (tertiary alicyclic amines) is 1. The minimum atomic E-state index is -0.0925. The molecule has 0 aliphatic carbocycles. The smallest absolute Gasteiger partial charge is 0.227 e. The van der Waals surface area contributed by atoms with E-state index in [0.717, 1.165) is 51.0 Å². The molecule has 5 heteroatoms. The molecule has 2 unspecified atom stereocenters. The Bertz CT molecular complexity index is 840. The average Bonchev–Trinajstić information content (AvgIpc) is 3.28. The number of carbonyl (C=O) groups excluding carboxylic acids is 2. The molecule has 0 bridgehead atoms. The van der Waals surface area contributed by atoms with E-state index in [0.29, 0.717) is 18.9 Å². The molecule has 4 rings (SSSR count). The van der Waals surface area contributed by atoms with Gasteiger partial charge in [0.25, 0.3) is 0 Å². The van der Waals surface area contributed by atoms with Crippen molar-refractivity contribution >= 4 is 17.5 Å². The topological polar surface area (TPSA) is 52.7 Å². The van der Waals surface area contributed by atoms with E-state index in [-0.39, 0.29) is 17.7 Å². The molecule has 0 radical (unpaired) electrons. The first kappa shape index (κ1) is 20.5. The van der Waals surface area contributed by atoms with E-state index >= 15 is 0 Å². The summed E-state index contributed by atoms with van der Waals surface area (Å²) in [6.07, 6.45) is 3.26. The Balaban J connectivity index is 1.23. The monoisotopic (exact) mass is 405 g/mol. The van der Waals surface area contributed by atoms with Crippen molar-refractivity contribution in [3.05, 3.63) is 66.2 Å². The number of hydrogen-bond donors (Lipinski definition) is 1. The van der Waals surface area contributed by atoms with Crippen LogP contribution in [0.25, 0.3) is 0 Å². The summed E-state index contributed by atoms with van der Waals surface area (Å²) < 4.78 is 0. The molecule has 2 heterocycles. The molecule has 2 aromatic rings. The molecule has 2 aliphatic rings. The van der Waals surface area contributed by atoms with Crippen molar-refractivity contribution < 1.29 is 9.59 Å². The standard InChI is InChI=1S/C25H31N3O2/c29-24(16-20-8-3-1-4-9-20)28-14-7-10-22(19-28)25(30)26-17-21-13-15-27(18-21)23-11-5-2-6-12-23/h1-6,8-9,11-12,21-22H,7,10,13-19H2,(H,26,30). The van der Waals surface area contributed by atoms with Crippen molar-refractivity contribution in [2.75, 3.05) is 37.6 Å². The number of hydrogen-bond acceptors (Lipinski definition) is 3. The number of para-hydroxylation sites is 1. The second kappa shape index (κ2) is 9.79. The fraction of sp³-hybridized carbons (Fsp3) is 0.440. The van der Waals surface area contributed by atoms with Crippen molar-refractivity contribution in [1.82, 2.24) is 10.2 Å². The molecule has 2 amide bonds. The predicted octanol–water partition coefficient (Wildman–Crippen LogP) is 3.11. The van der Waals surface area contributed by atoms with Crippen LogP contribution in [0.3, 0.4) is 0 Å². The van der Waals surface area contributed by atoms with Gasteiger partial charge in [-0.25, -0.2) is 0 Å². The number of nitrogens with one attached hydrogen (secondary N) is 1. The second-order valence-corrected chi connectivity index (χ2v) is 8.52. The molecule has 2 atom stereocenters. The van der Waals surface area contributed by atoms with Gasteiger partial charge in [-0.3, -0.25) is 9.59 Å². The van der Waals surface area contributed by atoms with Crippen molar-refractivity contribution in [1.29, 1.82) is 0 Å². The third-order valence-electron chi connectivity index (χ3n) is 6.32. The van der Waals surface area contributed by atoms with Gasteiger partial charge in [0.2, 0.25) is 11.8 Å². The fourth-order valence-corrected chi connectivity index (χ4v) is 4.56. The Morgan fingerprint density at radius 3 is 2.40 bits per heavy atom. The summed E-state index contributed by atoms with van der Waals surface area (Å²) in [5.41, 5.74) is 2.28. The van der Waals surface area contributed by atoms with Crippen LogP contribution in [0.15, 0.2) is 60.7 Å². The maximum atomic E-state index is 12.8. The summed E-state index contributed by atoms with van der Waals surface area (Å²) in [6, 6.07) is 20.3. The summed E-state index contributed by atoms with van der Waals surface area (Å²) in [7, 11) is 0. The van der Waals surface area contributed by atoms with Gasteiger partial charge in [0, 0.05) is 38.4 Å². The summed E-state index contributed by atoms with van der Waals surface area (Å²) in [5.74, 6) is 0.608. The maximum absolute atomic E-state index is 12.8. The molecule has 2 aliphatic heterocycles. The van der Waals surface area contributed by atoms with Crippen molar-refractivity contribution in [3.63, 3.8) is 0 Å². The highest BCUT2D eigenvalue weighted by Gasteiger charge is 2.29. The molecule has 0 saturated carbocycles. The van der Waals surface area contributed by atoms with Crippen LogP contribution in [0.5, 0.6) is 0 Å². The summed E-state index contributed by atoms with van der Waals surface area (Å²) in [5, 5.41) is 3.17. The van der Waals surface area contributed by atoms with Gasteiger partial charge in [-0.1, -0.05) is 48.5 Å². The number of anilines is 1. The molecular formula is C25H31N3O2. The van der Waals surface area contributed by atoms with E-state index in [1.54, 1.807) is 0 Å². The molecule has 0 spiro atoms. The molecule has 0 aromatic heterocycles. The van der Waals surface area contributed by atoms with Crippen LogP contribution < -0.4 is 10.2 Å². The Morgan fingerprint density at radius 1 is 0.900 bits per heavy atom. The minimum absolute atomic E-state index is 0.0925. The molecule has 5 nitrogen and oxygen atoms in total. The zero-order valence-corrected chi connectivity index (χ0v) is 17.5. The lowest BCUT2D eigenvalue weighted by Gasteiger charge is -2.32. The van der Waals surface area contributed by atoms with Crippen molar-refractivity contribution in [2.45, 2.75) is 25.7 Å². The predicted molar refractivity (Wildman–Crippen MR) is 119 cm³/mol. The highest BCUT2D eigenvalue weighted by Crippen LogP contribution is 2.23. The largest absolute Gasteiger partial charge is 0.371 e. The number of nitrogens with zero attached hydrogens (tertiary/aromatic N) is 2. The zero-order valence-electron chi connectivity index (χ0n) is 17.5. The van der Waals surface area contributed by atoms with E-state index in [4.69, 9.17) is 0 Å². The summed E-state index contributed by atoms with van der Waals surface area (Å²) in [4.78, 5) is 29.7. The Labute approximate surface area is 179 Å². The zero-order chi connectivity index (χ0) is 20.8. The van der Waals surface area contributed by atoms with Crippen LogP contribution in [0.4, 0.5) is 5.69 Å². The SMILES string of the molecule is O=C(NCC1CCN(c2ccccc2)C1)C1CCCN(C(=O)Cc2ccccc2)C1. The second-order valence-electron chi connectivity index (χ2n) is 8.52. The van der Waals surface area contributed by atoms with E-state index in [9.17, 15) is 9.59 Å². The third kappa shape index (κ3) is 5.21. The van der Waals surface area contributed by atoms with Gasteiger partial charge in [-0.05, 0) is 42.9 Å². The van der Waals surface area contributed by atoms with Crippen LogP contribution in [0, 0.1) is 11.8 Å². The minimum Gasteiger partial charge on any atom is -0.371 e. The van der Waals surface area contributed by atoms with Crippen LogP contribution in [-0.2, 0) is 16.0 Å². The van der Waals surface area contributed by atoms with E-state index < -0.39 is 0 Å². The van der Waals surface area contributed by atoms with Gasteiger partial charge < -0.3 is 15.1 Å². The van der Waals surface area contributed by atoms with Crippen molar-refractivity contribution in [3.8, 4) is 0 Å².